The third-order valence-corrected chi connectivity index (χ3v) is 5.30. The van der Waals surface area contributed by atoms with Crippen molar-refractivity contribution in [1.82, 2.24) is 15.2 Å². The van der Waals surface area contributed by atoms with E-state index in [1.807, 2.05) is 66.8 Å². The third-order valence-electron chi connectivity index (χ3n) is 4.81. The predicted molar refractivity (Wildman–Crippen MR) is 120 cm³/mol. The number of benzene rings is 2. The standard InChI is InChI=1S/C23H15BrN4O/c24-16-5-8-20-18(12-16)19(23(29)26-20)10-15-3-6-17-21(27-28-22(17)11-15)7-4-14-2-1-9-25-13-14/h1-13H,(H,26,29)(H,27,28)/b7-4+,19-10?. The van der Waals surface area contributed by atoms with Crippen LogP contribution in [0.25, 0.3) is 34.7 Å². The molecule has 0 spiro atoms. The van der Waals surface area contributed by atoms with Crippen molar-refractivity contribution in [2.24, 2.45) is 0 Å². The molecule has 6 heteroatoms. The minimum absolute atomic E-state index is 0.0945. The van der Waals surface area contributed by atoms with Gasteiger partial charge in [0.05, 0.1) is 11.2 Å². The fourth-order valence-electron chi connectivity index (χ4n) is 3.40. The second-order valence-electron chi connectivity index (χ2n) is 6.74. The predicted octanol–water partition coefficient (Wildman–Crippen LogP) is 5.38. The molecule has 5 rings (SSSR count). The van der Waals surface area contributed by atoms with E-state index in [4.69, 9.17) is 0 Å². The number of halogens is 1. The van der Waals surface area contributed by atoms with Crippen molar-refractivity contribution in [3.05, 3.63) is 87.8 Å². The molecule has 5 nitrogen and oxygen atoms in total. The lowest BCUT2D eigenvalue weighted by atomic mass is 10.0. The van der Waals surface area contributed by atoms with Crippen molar-refractivity contribution in [3.63, 3.8) is 0 Å². The van der Waals surface area contributed by atoms with Gasteiger partial charge >= 0.3 is 0 Å². The molecule has 140 valence electrons. The zero-order chi connectivity index (χ0) is 19.8. The molecule has 1 aliphatic heterocycles. The van der Waals surface area contributed by atoms with Crippen molar-refractivity contribution in [2.75, 3.05) is 5.32 Å². The van der Waals surface area contributed by atoms with Crippen LogP contribution in [0.1, 0.15) is 22.4 Å². The van der Waals surface area contributed by atoms with Crippen molar-refractivity contribution in [1.29, 1.82) is 0 Å². The summed E-state index contributed by atoms with van der Waals surface area (Å²) in [5.74, 6) is -0.0945. The molecule has 2 N–H and O–H groups in total. The maximum atomic E-state index is 12.4. The normalized spacial score (nSPS) is 14.7. The first-order valence-electron chi connectivity index (χ1n) is 9.06. The molecule has 3 heterocycles. The Balaban J connectivity index is 1.49. The second kappa shape index (κ2) is 7.14. The Bertz CT molecular complexity index is 1310. The molecular weight excluding hydrogens is 428 g/mol. The third kappa shape index (κ3) is 3.39. The van der Waals surface area contributed by atoms with Crippen LogP contribution < -0.4 is 5.32 Å². The quantitative estimate of drug-likeness (QED) is 0.418. The fraction of sp³-hybridized carbons (Fsp3) is 0. The number of nitrogens with zero attached hydrogens (tertiary/aromatic N) is 2. The Morgan fingerprint density at radius 1 is 1.00 bits per heavy atom. The summed E-state index contributed by atoms with van der Waals surface area (Å²) < 4.78 is 0.938. The van der Waals surface area contributed by atoms with Gasteiger partial charge in [-0.25, -0.2) is 0 Å². The summed E-state index contributed by atoms with van der Waals surface area (Å²) in [6.07, 6.45) is 9.40. The van der Waals surface area contributed by atoms with Crippen LogP contribution in [0.15, 0.2) is 65.4 Å². The van der Waals surface area contributed by atoms with Crippen molar-refractivity contribution in [2.45, 2.75) is 0 Å². The van der Waals surface area contributed by atoms with Crippen LogP contribution in [0.3, 0.4) is 0 Å². The highest BCUT2D eigenvalue weighted by molar-refractivity contribution is 9.10. The van der Waals surface area contributed by atoms with Gasteiger partial charge in [-0.3, -0.25) is 14.9 Å². The smallest absolute Gasteiger partial charge is 0.256 e. The topological polar surface area (TPSA) is 70.7 Å². The molecule has 0 bridgehead atoms. The highest BCUT2D eigenvalue weighted by Crippen LogP contribution is 2.35. The van der Waals surface area contributed by atoms with Gasteiger partial charge < -0.3 is 5.32 Å². The first-order valence-corrected chi connectivity index (χ1v) is 9.86. The number of aromatic nitrogens is 3. The summed E-state index contributed by atoms with van der Waals surface area (Å²) in [6.45, 7) is 0. The molecule has 0 saturated heterocycles. The number of H-pyrrole nitrogens is 1. The van der Waals surface area contributed by atoms with Gasteiger partial charge in [-0.2, -0.15) is 5.10 Å². The van der Waals surface area contributed by atoms with E-state index < -0.39 is 0 Å². The fourth-order valence-corrected chi connectivity index (χ4v) is 3.76. The van der Waals surface area contributed by atoms with Crippen LogP contribution in [0.4, 0.5) is 5.69 Å². The van der Waals surface area contributed by atoms with E-state index in [0.29, 0.717) is 5.57 Å². The summed E-state index contributed by atoms with van der Waals surface area (Å²) in [4.78, 5) is 16.5. The van der Waals surface area contributed by atoms with Gasteiger partial charge in [0.25, 0.3) is 5.91 Å². The van der Waals surface area contributed by atoms with Gasteiger partial charge in [-0.15, -0.1) is 0 Å². The average Bonchev–Trinajstić information content (AvgIpc) is 3.28. The molecule has 0 radical (unpaired) electrons. The van der Waals surface area contributed by atoms with Gasteiger partial charge in [0.1, 0.15) is 0 Å². The Morgan fingerprint density at radius 2 is 1.93 bits per heavy atom. The average molecular weight is 443 g/mol. The molecule has 4 aromatic rings. The highest BCUT2D eigenvalue weighted by atomic mass is 79.9. The number of carbonyl (C=O) groups excluding carboxylic acids is 1. The number of pyridine rings is 1. The molecule has 0 atom stereocenters. The largest absolute Gasteiger partial charge is 0.321 e. The van der Waals surface area contributed by atoms with Crippen molar-refractivity contribution < 1.29 is 4.79 Å². The number of anilines is 1. The summed E-state index contributed by atoms with van der Waals surface area (Å²) in [6, 6.07) is 15.7. The van der Waals surface area contributed by atoms with Gasteiger partial charge in [-0.1, -0.05) is 34.1 Å². The Labute approximate surface area is 175 Å². The molecule has 0 unspecified atom stereocenters. The van der Waals surface area contributed by atoms with Crippen LogP contribution in [0, 0.1) is 0 Å². The van der Waals surface area contributed by atoms with E-state index >= 15 is 0 Å². The molecule has 2 aromatic heterocycles. The van der Waals surface area contributed by atoms with Crippen LogP contribution in [-0.4, -0.2) is 21.1 Å². The number of hydrogen-bond donors (Lipinski definition) is 2. The zero-order valence-corrected chi connectivity index (χ0v) is 16.8. The molecule has 0 fully saturated rings. The number of fused-ring (bicyclic) bond motifs is 2. The van der Waals surface area contributed by atoms with Crippen LogP contribution >= 0.6 is 15.9 Å². The summed E-state index contributed by atoms with van der Waals surface area (Å²) in [5.41, 5.74) is 6.10. The lowest BCUT2D eigenvalue weighted by Crippen LogP contribution is -2.03. The SMILES string of the molecule is O=C1Nc2ccc(Br)cc2C1=Cc1ccc2c(/C=C/c3cccnc3)n[nH]c2c1. The number of rotatable bonds is 3. The molecule has 1 amide bonds. The monoisotopic (exact) mass is 442 g/mol. The Hall–Kier alpha value is -3.51. The Kier molecular flexibility index (Phi) is 4.33. The van der Waals surface area contributed by atoms with Crippen molar-refractivity contribution in [3.8, 4) is 0 Å². The molecule has 0 aliphatic carbocycles. The van der Waals surface area contributed by atoms with Crippen LogP contribution in [0.2, 0.25) is 0 Å². The first-order chi connectivity index (χ1) is 14.2. The Morgan fingerprint density at radius 3 is 2.79 bits per heavy atom. The van der Waals surface area contributed by atoms with E-state index in [1.54, 1.807) is 12.4 Å². The van der Waals surface area contributed by atoms with E-state index in [-0.39, 0.29) is 5.91 Å². The van der Waals surface area contributed by atoms with Crippen LogP contribution in [-0.2, 0) is 4.79 Å². The first kappa shape index (κ1) is 17.6. The minimum Gasteiger partial charge on any atom is -0.321 e. The maximum absolute atomic E-state index is 12.4. The van der Waals surface area contributed by atoms with Crippen LogP contribution in [0.5, 0.6) is 0 Å². The van der Waals surface area contributed by atoms with Gasteiger partial charge in [-0.05, 0) is 59.7 Å². The molecule has 1 aliphatic rings. The van der Waals surface area contributed by atoms with E-state index in [0.717, 1.165) is 43.4 Å². The highest BCUT2D eigenvalue weighted by Gasteiger charge is 2.24. The molecule has 2 aromatic carbocycles. The molecule has 0 saturated carbocycles. The number of amides is 1. The van der Waals surface area contributed by atoms with Gasteiger partial charge in [0.15, 0.2) is 0 Å². The maximum Gasteiger partial charge on any atom is 0.256 e. The molecular formula is C23H15BrN4O. The van der Waals surface area contributed by atoms with E-state index in [1.165, 1.54) is 0 Å². The summed E-state index contributed by atoms with van der Waals surface area (Å²) in [5, 5.41) is 11.4. The van der Waals surface area contributed by atoms with E-state index in [9.17, 15) is 4.79 Å². The minimum atomic E-state index is -0.0945. The molecule has 29 heavy (non-hydrogen) atoms. The zero-order valence-electron chi connectivity index (χ0n) is 15.2. The van der Waals surface area contributed by atoms with Gasteiger partial charge in [0.2, 0.25) is 0 Å². The van der Waals surface area contributed by atoms with Crippen molar-refractivity contribution >= 4 is 62.2 Å². The van der Waals surface area contributed by atoms with E-state index in [2.05, 4.69) is 36.4 Å². The van der Waals surface area contributed by atoms with Gasteiger partial charge in [0, 0.05) is 39.1 Å². The second-order valence-corrected chi connectivity index (χ2v) is 7.65. The number of nitrogens with one attached hydrogen (secondary N) is 2. The lowest BCUT2D eigenvalue weighted by Gasteiger charge is -2.00. The number of carbonyl (C=O) groups is 1. The summed E-state index contributed by atoms with van der Waals surface area (Å²) in [7, 11) is 0. The lowest BCUT2D eigenvalue weighted by molar-refractivity contribution is -0.110. The summed E-state index contributed by atoms with van der Waals surface area (Å²) >= 11 is 3.47. The number of hydrogen-bond acceptors (Lipinski definition) is 3. The number of aromatic amines is 1.